The number of amides is 1. The molecule has 0 heterocycles. The fourth-order valence-electron chi connectivity index (χ4n) is 1.90. The first kappa shape index (κ1) is 13.7. The molecule has 0 saturated heterocycles. The van der Waals surface area contributed by atoms with Gasteiger partial charge in [0.05, 0.1) is 31.2 Å². The van der Waals surface area contributed by atoms with Gasteiger partial charge in [0.15, 0.2) is 5.75 Å². The fraction of sp³-hybridized carbons (Fsp3) is 0.133. The SMILES string of the molecule is COc1ccccc1NC(=O)c1cccc(N)c1OC. The minimum Gasteiger partial charge on any atom is -0.495 e. The Labute approximate surface area is 117 Å². The second-order valence-corrected chi connectivity index (χ2v) is 4.08. The first-order valence-corrected chi connectivity index (χ1v) is 6.04. The van der Waals surface area contributed by atoms with Crippen molar-refractivity contribution in [2.24, 2.45) is 0 Å². The van der Waals surface area contributed by atoms with Gasteiger partial charge in [-0.2, -0.15) is 0 Å². The number of hydrogen-bond acceptors (Lipinski definition) is 4. The van der Waals surface area contributed by atoms with Crippen LogP contribution in [0.3, 0.4) is 0 Å². The molecule has 0 spiro atoms. The molecule has 0 radical (unpaired) electrons. The third-order valence-corrected chi connectivity index (χ3v) is 2.85. The Balaban J connectivity index is 2.31. The number of rotatable bonds is 4. The van der Waals surface area contributed by atoms with Gasteiger partial charge in [0, 0.05) is 0 Å². The predicted octanol–water partition coefficient (Wildman–Crippen LogP) is 2.54. The molecule has 0 aliphatic carbocycles. The molecular weight excluding hydrogens is 256 g/mol. The Morgan fingerprint density at radius 1 is 1.05 bits per heavy atom. The third kappa shape index (κ3) is 2.66. The molecule has 1 amide bonds. The summed E-state index contributed by atoms with van der Waals surface area (Å²) in [7, 11) is 3.03. The number of anilines is 2. The lowest BCUT2D eigenvalue weighted by molar-refractivity contribution is 0.102. The van der Waals surface area contributed by atoms with Crippen LogP contribution >= 0.6 is 0 Å². The highest BCUT2D eigenvalue weighted by Crippen LogP contribution is 2.28. The number of para-hydroxylation sites is 3. The molecule has 2 aromatic rings. The van der Waals surface area contributed by atoms with E-state index in [-0.39, 0.29) is 5.91 Å². The van der Waals surface area contributed by atoms with Crippen molar-refractivity contribution in [3.05, 3.63) is 48.0 Å². The van der Waals surface area contributed by atoms with Gasteiger partial charge in [-0.1, -0.05) is 18.2 Å². The van der Waals surface area contributed by atoms with Gasteiger partial charge in [-0.3, -0.25) is 4.79 Å². The zero-order valence-electron chi connectivity index (χ0n) is 11.3. The van der Waals surface area contributed by atoms with Gasteiger partial charge in [-0.25, -0.2) is 0 Å². The largest absolute Gasteiger partial charge is 0.495 e. The monoisotopic (exact) mass is 272 g/mol. The Hall–Kier alpha value is -2.69. The first-order chi connectivity index (χ1) is 9.67. The lowest BCUT2D eigenvalue weighted by Crippen LogP contribution is -2.14. The lowest BCUT2D eigenvalue weighted by atomic mass is 10.1. The number of nitrogens with one attached hydrogen (secondary N) is 1. The Morgan fingerprint density at radius 2 is 1.80 bits per heavy atom. The number of hydrogen-bond donors (Lipinski definition) is 2. The molecule has 0 atom stereocenters. The normalized spacial score (nSPS) is 9.90. The molecule has 0 aromatic heterocycles. The quantitative estimate of drug-likeness (QED) is 0.839. The highest BCUT2D eigenvalue weighted by molar-refractivity contribution is 6.07. The van der Waals surface area contributed by atoms with E-state index in [4.69, 9.17) is 15.2 Å². The molecule has 104 valence electrons. The van der Waals surface area contributed by atoms with E-state index in [1.165, 1.54) is 7.11 Å². The minimum atomic E-state index is -0.307. The summed E-state index contributed by atoms with van der Waals surface area (Å²) in [5.74, 6) is 0.641. The summed E-state index contributed by atoms with van der Waals surface area (Å²) in [4.78, 5) is 12.3. The van der Waals surface area contributed by atoms with Gasteiger partial charge >= 0.3 is 0 Å². The van der Waals surface area contributed by atoms with E-state index in [1.54, 1.807) is 37.4 Å². The molecule has 0 unspecified atom stereocenters. The van der Waals surface area contributed by atoms with Gasteiger partial charge < -0.3 is 20.5 Å². The van der Waals surface area contributed by atoms with E-state index < -0.39 is 0 Å². The van der Waals surface area contributed by atoms with Crippen LogP contribution in [0.5, 0.6) is 11.5 Å². The molecule has 20 heavy (non-hydrogen) atoms. The van der Waals surface area contributed by atoms with Crippen molar-refractivity contribution in [1.29, 1.82) is 0 Å². The second kappa shape index (κ2) is 5.97. The molecule has 0 aliphatic rings. The average Bonchev–Trinajstić information content (AvgIpc) is 2.47. The third-order valence-electron chi connectivity index (χ3n) is 2.85. The number of benzene rings is 2. The Morgan fingerprint density at radius 3 is 2.50 bits per heavy atom. The van der Waals surface area contributed by atoms with Crippen molar-refractivity contribution in [2.75, 3.05) is 25.3 Å². The van der Waals surface area contributed by atoms with Crippen LogP contribution in [0, 0.1) is 0 Å². The van der Waals surface area contributed by atoms with Gasteiger partial charge in [-0.05, 0) is 24.3 Å². The highest BCUT2D eigenvalue weighted by Gasteiger charge is 2.15. The molecule has 5 heteroatoms. The van der Waals surface area contributed by atoms with E-state index >= 15 is 0 Å². The molecule has 5 nitrogen and oxygen atoms in total. The average molecular weight is 272 g/mol. The summed E-state index contributed by atoms with van der Waals surface area (Å²) in [6.45, 7) is 0. The molecule has 3 N–H and O–H groups in total. The number of ether oxygens (including phenoxy) is 2. The van der Waals surface area contributed by atoms with E-state index in [2.05, 4.69) is 5.32 Å². The maximum Gasteiger partial charge on any atom is 0.259 e. The van der Waals surface area contributed by atoms with Crippen molar-refractivity contribution in [3.8, 4) is 11.5 Å². The van der Waals surface area contributed by atoms with Gasteiger partial charge in [0.2, 0.25) is 0 Å². The van der Waals surface area contributed by atoms with Crippen LogP contribution in [0.25, 0.3) is 0 Å². The van der Waals surface area contributed by atoms with Gasteiger partial charge in [0.25, 0.3) is 5.91 Å². The highest BCUT2D eigenvalue weighted by atomic mass is 16.5. The number of nitrogen functional groups attached to an aromatic ring is 1. The molecule has 2 rings (SSSR count). The van der Waals surface area contributed by atoms with Crippen LogP contribution < -0.4 is 20.5 Å². The Bertz CT molecular complexity index is 626. The van der Waals surface area contributed by atoms with E-state index in [9.17, 15) is 4.79 Å². The second-order valence-electron chi connectivity index (χ2n) is 4.08. The van der Waals surface area contributed by atoms with Crippen molar-refractivity contribution < 1.29 is 14.3 Å². The number of carbonyl (C=O) groups excluding carboxylic acids is 1. The lowest BCUT2D eigenvalue weighted by Gasteiger charge is -2.13. The number of carbonyl (C=O) groups is 1. The maximum absolute atomic E-state index is 12.3. The topological polar surface area (TPSA) is 73.6 Å². The predicted molar refractivity (Wildman–Crippen MR) is 78.4 cm³/mol. The van der Waals surface area contributed by atoms with Crippen molar-refractivity contribution >= 4 is 17.3 Å². The summed E-state index contributed by atoms with van der Waals surface area (Å²) in [5, 5.41) is 2.78. The van der Waals surface area contributed by atoms with Crippen molar-refractivity contribution in [2.45, 2.75) is 0 Å². The minimum absolute atomic E-state index is 0.307. The molecule has 0 bridgehead atoms. The molecular formula is C15H16N2O3. The molecule has 0 saturated carbocycles. The smallest absolute Gasteiger partial charge is 0.259 e. The zero-order valence-corrected chi connectivity index (χ0v) is 11.3. The summed E-state index contributed by atoms with van der Waals surface area (Å²) < 4.78 is 10.4. The van der Waals surface area contributed by atoms with Crippen LogP contribution in [-0.2, 0) is 0 Å². The van der Waals surface area contributed by atoms with E-state index in [1.807, 2.05) is 12.1 Å². The van der Waals surface area contributed by atoms with E-state index in [0.29, 0.717) is 28.4 Å². The van der Waals surface area contributed by atoms with Crippen LogP contribution in [0.15, 0.2) is 42.5 Å². The van der Waals surface area contributed by atoms with E-state index in [0.717, 1.165) is 0 Å². The van der Waals surface area contributed by atoms with Crippen molar-refractivity contribution in [3.63, 3.8) is 0 Å². The number of nitrogens with two attached hydrogens (primary N) is 1. The fourth-order valence-corrected chi connectivity index (χ4v) is 1.90. The van der Waals surface area contributed by atoms with Crippen LogP contribution in [0.2, 0.25) is 0 Å². The summed E-state index contributed by atoms with van der Waals surface area (Å²) >= 11 is 0. The summed E-state index contributed by atoms with van der Waals surface area (Å²) in [6, 6.07) is 12.2. The summed E-state index contributed by atoms with van der Waals surface area (Å²) in [6.07, 6.45) is 0. The van der Waals surface area contributed by atoms with Crippen LogP contribution in [-0.4, -0.2) is 20.1 Å². The van der Waals surface area contributed by atoms with Crippen molar-refractivity contribution in [1.82, 2.24) is 0 Å². The first-order valence-electron chi connectivity index (χ1n) is 6.04. The maximum atomic E-state index is 12.3. The molecule has 0 aliphatic heterocycles. The van der Waals surface area contributed by atoms with Gasteiger partial charge in [0.1, 0.15) is 5.75 Å². The van der Waals surface area contributed by atoms with Gasteiger partial charge in [-0.15, -0.1) is 0 Å². The standard InChI is InChI=1S/C15H16N2O3/c1-19-13-9-4-3-8-12(13)17-15(18)10-6-5-7-11(16)14(10)20-2/h3-9H,16H2,1-2H3,(H,17,18). The zero-order chi connectivity index (χ0) is 14.5. The Kier molecular flexibility index (Phi) is 4.10. The van der Waals surface area contributed by atoms with Crippen LogP contribution in [0.1, 0.15) is 10.4 Å². The number of methoxy groups -OCH3 is 2. The van der Waals surface area contributed by atoms with Crippen LogP contribution in [0.4, 0.5) is 11.4 Å². The summed E-state index contributed by atoms with van der Waals surface area (Å²) in [5.41, 5.74) is 7.17. The molecule has 0 fully saturated rings. The molecule has 2 aromatic carbocycles.